The van der Waals surface area contributed by atoms with Gasteiger partial charge < -0.3 is 19.5 Å². The molecular weight excluding hydrogens is 486 g/mol. The number of halogens is 1. The van der Waals surface area contributed by atoms with Crippen LogP contribution in [-0.2, 0) is 19.1 Å². The first kappa shape index (κ1) is 25.5. The second-order valence-corrected chi connectivity index (χ2v) is 9.35. The molecule has 2 heterocycles. The molecule has 9 nitrogen and oxygen atoms in total. The summed E-state index contributed by atoms with van der Waals surface area (Å²) in [6, 6.07) is 6.06. The maximum absolute atomic E-state index is 13.4. The van der Waals surface area contributed by atoms with Crippen LogP contribution in [-0.4, -0.2) is 58.7 Å². The number of nitrogens with one attached hydrogen (secondary N) is 1. The van der Waals surface area contributed by atoms with Gasteiger partial charge in [-0.1, -0.05) is 24.3 Å². The molecule has 1 N–H and O–H groups in total. The van der Waals surface area contributed by atoms with Gasteiger partial charge in [0.05, 0.1) is 24.4 Å². The van der Waals surface area contributed by atoms with Gasteiger partial charge in [-0.2, -0.15) is 0 Å². The molecule has 2 aliphatic rings. The van der Waals surface area contributed by atoms with Crippen LogP contribution in [0.25, 0.3) is 10.9 Å². The molecule has 1 aliphatic carbocycles. The number of esters is 1. The number of carbonyl (C=O) groups is 3. The first-order valence-electron chi connectivity index (χ1n) is 11.6. The molecule has 190 valence electrons. The van der Waals surface area contributed by atoms with Gasteiger partial charge >= 0.3 is 12.1 Å². The normalized spacial score (nSPS) is 24.6. The summed E-state index contributed by atoms with van der Waals surface area (Å²) in [6.45, 7) is 10.9. The maximum Gasteiger partial charge on any atom is 0.415 e. The molecule has 1 saturated carbocycles. The number of hydrogen-bond donors (Lipinski definition) is 1. The molecule has 1 aromatic heterocycles. The molecule has 4 rings (SSSR count). The zero-order valence-electron chi connectivity index (χ0n) is 20.2. The highest BCUT2D eigenvalue weighted by Gasteiger charge is 2.62. The Labute approximate surface area is 214 Å². The molecule has 1 saturated heterocycles. The minimum absolute atomic E-state index is 0.0961. The number of allylic oxidation sites excluding steroid dienone is 1. The van der Waals surface area contributed by atoms with E-state index >= 15 is 0 Å². The Morgan fingerprint density at radius 1 is 1.33 bits per heavy atom. The number of hydrogen-bond acceptors (Lipinski definition) is 7. The molecule has 0 unspecified atom stereocenters. The summed E-state index contributed by atoms with van der Waals surface area (Å²) in [5.74, 6) is -0.527. The van der Waals surface area contributed by atoms with Crippen molar-refractivity contribution < 1.29 is 28.6 Å². The zero-order valence-corrected chi connectivity index (χ0v) is 20.9. The third kappa shape index (κ3) is 5.02. The van der Waals surface area contributed by atoms with E-state index in [-0.39, 0.29) is 31.2 Å². The van der Waals surface area contributed by atoms with Crippen molar-refractivity contribution >= 4 is 40.5 Å². The Morgan fingerprint density at radius 2 is 2.11 bits per heavy atom. The lowest BCUT2D eigenvalue weighted by Crippen LogP contribution is -2.53. The number of ether oxygens (including phenoxy) is 3. The average molecular weight is 514 g/mol. The minimum atomic E-state index is -1.18. The van der Waals surface area contributed by atoms with Crippen LogP contribution in [0, 0.1) is 5.92 Å². The highest BCUT2D eigenvalue weighted by molar-refractivity contribution is 6.31. The van der Waals surface area contributed by atoms with Crippen LogP contribution in [0.2, 0.25) is 5.02 Å². The van der Waals surface area contributed by atoms with Gasteiger partial charge in [0, 0.05) is 28.9 Å². The Hall–Kier alpha value is -3.59. The Balaban J connectivity index is 1.56. The number of amides is 2. The van der Waals surface area contributed by atoms with Crippen molar-refractivity contribution in [3.05, 3.63) is 60.5 Å². The van der Waals surface area contributed by atoms with Gasteiger partial charge in [0.2, 0.25) is 5.91 Å². The van der Waals surface area contributed by atoms with Crippen LogP contribution in [0.4, 0.5) is 4.79 Å². The fraction of sp³-hybridized carbons (Fsp3) is 0.385. The first-order chi connectivity index (χ1) is 17.2. The van der Waals surface area contributed by atoms with Crippen molar-refractivity contribution in [1.29, 1.82) is 0 Å². The third-order valence-electron chi connectivity index (χ3n) is 6.31. The molecule has 2 fully saturated rings. The second kappa shape index (κ2) is 10.2. The molecule has 1 aliphatic heterocycles. The second-order valence-electron chi connectivity index (χ2n) is 8.91. The van der Waals surface area contributed by atoms with Gasteiger partial charge in [0.25, 0.3) is 0 Å². The van der Waals surface area contributed by atoms with E-state index in [4.69, 9.17) is 25.8 Å². The Kier molecular flexibility index (Phi) is 7.21. The number of benzene rings is 1. The summed E-state index contributed by atoms with van der Waals surface area (Å²) in [5.41, 5.74) is -0.524. The van der Waals surface area contributed by atoms with E-state index in [0.717, 1.165) is 5.39 Å². The van der Waals surface area contributed by atoms with Gasteiger partial charge in [-0.15, -0.1) is 6.58 Å². The van der Waals surface area contributed by atoms with E-state index in [2.05, 4.69) is 23.5 Å². The average Bonchev–Trinajstić information content (AvgIpc) is 3.38. The monoisotopic (exact) mass is 513 g/mol. The Bertz CT molecular complexity index is 1230. The van der Waals surface area contributed by atoms with Crippen LogP contribution in [0.5, 0.6) is 5.75 Å². The quantitative estimate of drug-likeness (QED) is 0.323. The van der Waals surface area contributed by atoms with Crippen molar-refractivity contribution in [2.45, 2.75) is 44.4 Å². The summed E-state index contributed by atoms with van der Waals surface area (Å²) >= 11 is 6.08. The van der Waals surface area contributed by atoms with Gasteiger partial charge in [0.1, 0.15) is 23.4 Å². The van der Waals surface area contributed by atoms with E-state index in [9.17, 15) is 14.4 Å². The van der Waals surface area contributed by atoms with Gasteiger partial charge in [-0.25, -0.2) is 9.59 Å². The Morgan fingerprint density at radius 3 is 2.78 bits per heavy atom. The third-order valence-corrected chi connectivity index (χ3v) is 6.54. The number of aromatic nitrogens is 1. The molecule has 2 amide bonds. The minimum Gasteiger partial charge on any atom is -0.488 e. The van der Waals surface area contributed by atoms with Crippen LogP contribution in [0.15, 0.2) is 55.5 Å². The molecule has 1 aromatic carbocycles. The smallest absolute Gasteiger partial charge is 0.415 e. The fourth-order valence-electron chi connectivity index (χ4n) is 4.48. The van der Waals surface area contributed by atoms with E-state index in [1.807, 2.05) is 0 Å². The van der Waals surface area contributed by atoms with E-state index in [0.29, 0.717) is 22.7 Å². The summed E-state index contributed by atoms with van der Waals surface area (Å²) in [4.78, 5) is 44.5. The van der Waals surface area contributed by atoms with Crippen LogP contribution >= 0.6 is 11.6 Å². The van der Waals surface area contributed by atoms with E-state index in [1.54, 1.807) is 50.4 Å². The number of carbonyl (C=O) groups excluding carboxylic acids is 3. The summed E-state index contributed by atoms with van der Waals surface area (Å²) < 4.78 is 16.6. The van der Waals surface area contributed by atoms with Crippen LogP contribution < -0.4 is 10.1 Å². The number of fused-ring (bicyclic) bond motifs is 1. The lowest BCUT2D eigenvalue weighted by atomic mass is 10.1. The molecule has 36 heavy (non-hydrogen) atoms. The number of rotatable bonds is 8. The van der Waals surface area contributed by atoms with Gasteiger partial charge in [-0.05, 0) is 44.5 Å². The first-order valence-corrected chi connectivity index (χ1v) is 12.0. The van der Waals surface area contributed by atoms with Gasteiger partial charge in [-0.3, -0.25) is 14.7 Å². The molecule has 0 bridgehead atoms. The predicted octanol–water partition coefficient (Wildman–Crippen LogP) is 4.00. The molecular formula is C26H28ClN3O6. The highest BCUT2D eigenvalue weighted by Crippen LogP contribution is 2.45. The fourth-order valence-corrected chi connectivity index (χ4v) is 4.65. The summed E-state index contributed by atoms with van der Waals surface area (Å²) in [7, 11) is 0. The standard InChI is InChI=1S/C26H28ClN3O6/c1-5-16-13-26(16,24(32)34-6-2)29-23(31)21-12-18(14-30(21)25(33)35-15(3)4)36-22-9-10-28-20-11-17(27)7-8-19(20)22/h5,7-11,16,18,21H,1,3,6,12-14H2,2,4H3,(H,29,31)/t16-,18-,21+,26-/m1/s1. The number of pyridine rings is 1. The van der Waals surface area contributed by atoms with Crippen molar-refractivity contribution in [2.75, 3.05) is 13.2 Å². The van der Waals surface area contributed by atoms with Crippen LogP contribution in [0.1, 0.15) is 26.7 Å². The van der Waals surface area contributed by atoms with Crippen molar-refractivity contribution in [1.82, 2.24) is 15.2 Å². The van der Waals surface area contributed by atoms with Crippen molar-refractivity contribution in [3.8, 4) is 5.75 Å². The van der Waals surface area contributed by atoms with Crippen molar-refractivity contribution in [2.24, 2.45) is 5.92 Å². The molecule has 2 aromatic rings. The largest absolute Gasteiger partial charge is 0.488 e. The molecule has 0 spiro atoms. The summed E-state index contributed by atoms with van der Waals surface area (Å²) in [6.07, 6.45) is 2.55. The molecule has 10 heteroatoms. The number of nitrogens with zero attached hydrogens (tertiary/aromatic N) is 2. The maximum atomic E-state index is 13.4. The van der Waals surface area contributed by atoms with Gasteiger partial charge in [0.15, 0.2) is 0 Å². The summed E-state index contributed by atoms with van der Waals surface area (Å²) in [5, 5.41) is 4.11. The predicted molar refractivity (Wildman–Crippen MR) is 133 cm³/mol. The lowest BCUT2D eigenvalue weighted by molar-refractivity contribution is -0.149. The van der Waals surface area contributed by atoms with E-state index in [1.165, 1.54) is 4.90 Å². The topological polar surface area (TPSA) is 107 Å². The SMILES string of the molecule is C=C[C@@H]1C[C@]1(NC(=O)[C@@H]1C[C@@H](Oc2ccnc3cc(Cl)ccc23)CN1C(=O)OC(=C)C)C(=O)OCC. The lowest BCUT2D eigenvalue weighted by Gasteiger charge is -2.25. The number of likely N-dealkylation sites (tertiary alicyclic amines) is 1. The van der Waals surface area contributed by atoms with Crippen LogP contribution in [0.3, 0.4) is 0 Å². The molecule has 4 atom stereocenters. The van der Waals surface area contributed by atoms with E-state index < -0.39 is 35.7 Å². The zero-order chi connectivity index (χ0) is 26.0. The molecule has 0 radical (unpaired) electrons. The highest BCUT2D eigenvalue weighted by atomic mass is 35.5. The van der Waals surface area contributed by atoms with Crippen molar-refractivity contribution in [3.63, 3.8) is 0 Å².